The van der Waals surface area contributed by atoms with Gasteiger partial charge in [-0.15, -0.1) is 0 Å². The van der Waals surface area contributed by atoms with Crippen molar-refractivity contribution in [2.24, 2.45) is 0 Å². The van der Waals surface area contributed by atoms with Crippen LogP contribution < -0.4 is 10.1 Å². The number of hydrogen-bond donors (Lipinski definition) is 3. The maximum atomic E-state index is 12.1. The summed E-state index contributed by atoms with van der Waals surface area (Å²) in [5, 5.41) is 22.3. The molecule has 7 nitrogen and oxygen atoms in total. The van der Waals surface area contributed by atoms with Gasteiger partial charge in [0.25, 0.3) is 5.91 Å². The summed E-state index contributed by atoms with van der Waals surface area (Å²) in [7, 11) is 1.42. The Morgan fingerprint density at radius 1 is 1.07 bits per heavy atom. The summed E-state index contributed by atoms with van der Waals surface area (Å²) in [4.78, 5) is 26.8. The predicted octanol–water partition coefficient (Wildman–Crippen LogP) is 2.35. The molecule has 0 aliphatic rings. The lowest BCUT2D eigenvalue weighted by atomic mass is 10.0. The van der Waals surface area contributed by atoms with Crippen LogP contribution in [0.5, 0.6) is 11.6 Å². The topological polar surface area (TPSA) is 109 Å². The molecule has 7 heteroatoms. The van der Waals surface area contributed by atoms with E-state index in [9.17, 15) is 14.7 Å². The number of carboxylic acids is 1. The number of nitrogens with zero attached hydrogens (tertiary/aromatic N) is 1. The zero-order chi connectivity index (χ0) is 19.4. The smallest absolute Gasteiger partial charge is 0.322 e. The fourth-order valence-corrected chi connectivity index (χ4v) is 2.81. The minimum Gasteiger partial charge on any atom is -0.505 e. The van der Waals surface area contributed by atoms with E-state index in [1.807, 2.05) is 42.5 Å². The van der Waals surface area contributed by atoms with Gasteiger partial charge in [0.15, 0.2) is 11.4 Å². The molecule has 27 heavy (non-hydrogen) atoms. The van der Waals surface area contributed by atoms with Crippen molar-refractivity contribution < 1.29 is 24.5 Å². The van der Waals surface area contributed by atoms with Gasteiger partial charge >= 0.3 is 5.97 Å². The molecule has 1 heterocycles. The van der Waals surface area contributed by atoms with E-state index in [1.54, 1.807) is 6.07 Å². The van der Waals surface area contributed by atoms with E-state index in [0.29, 0.717) is 17.2 Å². The number of aliphatic carboxylic acids is 1. The summed E-state index contributed by atoms with van der Waals surface area (Å²) in [6.07, 6.45) is 0.696. The van der Waals surface area contributed by atoms with Crippen LogP contribution in [0.1, 0.15) is 21.6 Å². The molecule has 1 amide bonds. The second kappa shape index (κ2) is 7.74. The highest BCUT2D eigenvalue weighted by Gasteiger charge is 2.20. The number of hydrogen-bond acceptors (Lipinski definition) is 5. The van der Waals surface area contributed by atoms with E-state index >= 15 is 0 Å². The van der Waals surface area contributed by atoms with Crippen molar-refractivity contribution in [3.8, 4) is 11.6 Å². The lowest BCUT2D eigenvalue weighted by Gasteiger charge is -2.12. The maximum absolute atomic E-state index is 12.1. The van der Waals surface area contributed by atoms with E-state index < -0.39 is 18.4 Å². The van der Waals surface area contributed by atoms with Gasteiger partial charge in [-0.1, -0.05) is 42.5 Å². The largest absolute Gasteiger partial charge is 0.505 e. The van der Waals surface area contributed by atoms with E-state index in [1.165, 1.54) is 7.11 Å². The Labute approximate surface area is 155 Å². The van der Waals surface area contributed by atoms with Crippen LogP contribution in [0.25, 0.3) is 10.8 Å². The molecular formula is C20H18N2O5. The van der Waals surface area contributed by atoms with Crippen LogP contribution in [0.3, 0.4) is 0 Å². The standard InChI is InChI=1S/C20H18N2O5/c1-27-20-15-10-13(9-12-5-3-2-4-6-12)7-8-14(15)18(25)17(22-20)19(26)21-11-16(23)24/h2-8,10,25H,9,11H2,1H3,(H,21,26)(H,23,24). The number of aromatic nitrogens is 1. The minimum absolute atomic E-state index is 0.179. The summed E-state index contributed by atoms with van der Waals surface area (Å²) in [5.41, 5.74) is 1.85. The van der Waals surface area contributed by atoms with Gasteiger partial charge in [0.05, 0.1) is 7.11 Å². The molecule has 0 saturated carbocycles. The van der Waals surface area contributed by atoms with Crippen molar-refractivity contribution in [2.45, 2.75) is 6.42 Å². The van der Waals surface area contributed by atoms with Crippen LogP contribution >= 0.6 is 0 Å². The Balaban J connectivity index is 2.01. The molecule has 0 spiro atoms. The second-order valence-electron chi connectivity index (χ2n) is 5.94. The number of carbonyl (C=O) groups is 2. The molecule has 2 aromatic carbocycles. The van der Waals surface area contributed by atoms with Crippen molar-refractivity contribution in [3.05, 3.63) is 65.4 Å². The Bertz CT molecular complexity index is 1000. The van der Waals surface area contributed by atoms with E-state index in [-0.39, 0.29) is 17.3 Å². The van der Waals surface area contributed by atoms with Crippen molar-refractivity contribution in [1.29, 1.82) is 0 Å². The average Bonchev–Trinajstić information content (AvgIpc) is 2.67. The fourth-order valence-electron chi connectivity index (χ4n) is 2.81. The molecule has 3 rings (SSSR count). The SMILES string of the molecule is COc1nc(C(=O)NCC(=O)O)c(O)c2ccc(Cc3ccccc3)cc12. The molecule has 1 aromatic heterocycles. The van der Waals surface area contributed by atoms with Gasteiger partial charge in [0.1, 0.15) is 6.54 Å². The van der Waals surface area contributed by atoms with Crippen LogP contribution in [-0.2, 0) is 11.2 Å². The number of rotatable bonds is 6. The first-order chi connectivity index (χ1) is 13.0. The Kier molecular flexibility index (Phi) is 5.21. The number of pyridine rings is 1. The molecule has 0 saturated heterocycles. The van der Waals surface area contributed by atoms with Gasteiger partial charge in [-0.25, -0.2) is 4.98 Å². The van der Waals surface area contributed by atoms with Crippen molar-refractivity contribution in [2.75, 3.05) is 13.7 Å². The number of carboxylic acid groups (broad SMARTS) is 1. The third-order valence-electron chi connectivity index (χ3n) is 4.07. The second-order valence-corrected chi connectivity index (χ2v) is 5.94. The number of benzene rings is 2. The van der Waals surface area contributed by atoms with Gasteiger partial charge in [0.2, 0.25) is 5.88 Å². The van der Waals surface area contributed by atoms with Crippen LogP contribution in [0.15, 0.2) is 48.5 Å². The van der Waals surface area contributed by atoms with E-state index in [0.717, 1.165) is 11.1 Å². The number of methoxy groups -OCH3 is 1. The van der Waals surface area contributed by atoms with Crippen molar-refractivity contribution in [3.63, 3.8) is 0 Å². The molecular weight excluding hydrogens is 348 g/mol. The van der Waals surface area contributed by atoms with Gasteiger partial charge < -0.3 is 20.3 Å². The quantitative estimate of drug-likeness (QED) is 0.618. The van der Waals surface area contributed by atoms with Crippen LogP contribution in [0, 0.1) is 0 Å². The maximum Gasteiger partial charge on any atom is 0.322 e. The summed E-state index contributed by atoms with van der Waals surface area (Å²) < 4.78 is 5.29. The number of carbonyl (C=O) groups excluding carboxylic acids is 1. The number of nitrogens with one attached hydrogen (secondary N) is 1. The number of aromatic hydroxyl groups is 1. The fraction of sp³-hybridized carbons (Fsp3) is 0.150. The number of fused-ring (bicyclic) bond motifs is 1. The van der Waals surface area contributed by atoms with Crippen LogP contribution in [0.2, 0.25) is 0 Å². The Hall–Kier alpha value is -3.61. The first-order valence-electron chi connectivity index (χ1n) is 8.23. The first kappa shape index (κ1) is 18.2. The Morgan fingerprint density at radius 3 is 2.48 bits per heavy atom. The molecule has 0 aliphatic carbocycles. The van der Waals surface area contributed by atoms with Crippen LogP contribution in [0.4, 0.5) is 0 Å². The summed E-state index contributed by atoms with van der Waals surface area (Å²) >= 11 is 0. The molecule has 0 atom stereocenters. The van der Waals surface area contributed by atoms with Gasteiger partial charge in [-0.2, -0.15) is 0 Å². The van der Waals surface area contributed by atoms with Gasteiger partial charge in [-0.05, 0) is 23.6 Å². The molecule has 0 aliphatic heterocycles. The number of amides is 1. The number of ether oxygens (including phenoxy) is 1. The average molecular weight is 366 g/mol. The lowest BCUT2D eigenvalue weighted by molar-refractivity contribution is -0.135. The van der Waals surface area contributed by atoms with E-state index in [4.69, 9.17) is 9.84 Å². The molecule has 138 valence electrons. The monoisotopic (exact) mass is 366 g/mol. The third kappa shape index (κ3) is 3.98. The predicted molar refractivity (Wildman–Crippen MR) is 99.2 cm³/mol. The highest BCUT2D eigenvalue weighted by molar-refractivity contribution is 6.04. The van der Waals surface area contributed by atoms with E-state index in [2.05, 4.69) is 10.3 Å². The summed E-state index contributed by atoms with van der Waals surface area (Å²) in [6, 6.07) is 15.3. The molecule has 0 bridgehead atoms. The first-order valence-corrected chi connectivity index (χ1v) is 8.23. The Morgan fingerprint density at radius 2 is 1.81 bits per heavy atom. The highest BCUT2D eigenvalue weighted by Crippen LogP contribution is 2.34. The summed E-state index contributed by atoms with van der Waals surface area (Å²) in [6.45, 7) is -0.573. The lowest BCUT2D eigenvalue weighted by Crippen LogP contribution is -2.30. The molecule has 3 N–H and O–H groups in total. The third-order valence-corrected chi connectivity index (χ3v) is 4.07. The zero-order valence-electron chi connectivity index (χ0n) is 14.6. The molecule has 0 fully saturated rings. The minimum atomic E-state index is -1.19. The van der Waals surface area contributed by atoms with Crippen molar-refractivity contribution in [1.82, 2.24) is 10.3 Å². The normalized spacial score (nSPS) is 10.6. The van der Waals surface area contributed by atoms with Gasteiger partial charge in [0, 0.05) is 10.8 Å². The zero-order valence-corrected chi connectivity index (χ0v) is 14.6. The summed E-state index contributed by atoms with van der Waals surface area (Å²) in [5.74, 6) is -2.12. The molecule has 0 unspecified atom stereocenters. The molecule has 3 aromatic rings. The molecule has 0 radical (unpaired) electrons. The van der Waals surface area contributed by atoms with Crippen LogP contribution in [-0.4, -0.2) is 40.7 Å². The van der Waals surface area contributed by atoms with Crippen molar-refractivity contribution >= 4 is 22.6 Å². The highest BCUT2D eigenvalue weighted by atomic mass is 16.5. The van der Waals surface area contributed by atoms with Gasteiger partial charge in [-0.3, -0.25) is 9.59 Å².